The van der Waals surface area contributed by atoms with Crippen LogP contribution >= 0.6 is 0 Å². The molecule has 23 heavy (non-hydrogen) atoms. The van der Waals surface area contributed by atoms with Crippen LogP contribution < -0.4 is 4.74 Å². The standard InChI is InChI=1S/C16H19F3O4/c1-5-15(3,4)14(21)23-12-8-6-11(7-9-12)13(20)22-10(2)16(17,18)19/h6-10H,5H2,1-4H3. The average molecular weight is 332 g/mol. The Bertz CT molecular complexity index is 562. The molecular weight excluding hydrogens is 313 g/mol. The zero-order valence-corrected chi connectivity index (χ0v) is 13.4. The number of hydrogen-bond acceptors (Lipinski definition) is 4. The summed E-state index contributed by atoms with van der Waals surface area (Å²) >= 11 is 0. The first kappa shape index (κ1) is 19.0. The van der Waals surface area contributed by atoms with E-state index in [2.05, 4.69) is 4.74 Å². The van der Waals surface area contributed by atoms with E-state index in [4.69, 9.17) is 4.74 Å². The fourth-order valence-electron chi connectivity index (χ4n) is 1.34. The largest absolute Gasteiger partial charge is 0.449 e. The number of esters is 2. The highest BCUT2D eigenvalue weighted by Crippen LogP contribution is 2.25. The van der Waals surface area contributed by atoms with Crippen LogP contribution in [-0.4, -0.2) is 24.2 Å². The molecule has 0 aliphatic carbocycles. The summed E-state index contributed by atoms with van der Waals surface area (Å²) in [7, 11) is 0. The molecule has 0 heterocycles. The Labute approximate surface area is 132 Å². The molecule has 0 fully saturated rings. The topological polar surface area (TPSA) is 52.6 Å². The van der Waals surface area contributed by atoms with E-state index in [1.54, 1.807) is 13.8 Å². The van der Waals surface area contributed by atoms with Crippen molar-refractivity contribution in [2.75, 3.05) is 0 Å². The summed E-state index contributed by atoms with van der Waals surface area (Å²) in [6.45, 7) is 6.07. The predicted molar refractivity (Wildman–Crippen MR) is 77.1 cm³/mol. The van der Waals surface area contributed by atoms with Gasteiger partial charge >= 0.3 is 18.1 Å². The van der Waals surface area contributed by atoms with E-state index >= 15 is 0 Å². The van der Waals surface area contributed by atoms with Gasteiger partial charge in [-0.1, -0.05) is 6.92 Å². The fourth-order valence-corrected chi connectivity index (χ4v) is 1.34. The van der Waals surface area contributed by atoms with Crippen molar-refractivity contribution < 1.29 is 32.2 Å². The van der Waals surface area contributed by atoms with Crippen LogP contribution in [0.2, 0.25) is 0 Å². The van der Waals surface area contributed by atoms with E-state index in [9.17, 15) is 22.8 Å². The summed E-state index contributed by atoms with van der Waals surface area (Å²) in [4.78, 5) is 23.5. The van der Waals surface area contributed by atoms with Crippen molar-refractivity contribution in [2.24, 2.45) is 5.41 Å². The third-order valence-corrected chi connectivity index (χ3v) is 3.48. The molecule has 0 amide bonds. The van der Waals surface area contributed by atoms with Crippen molar-refractivity contribution in [3.63, 3.8) is 0 Å². The lowest BCUT2D eigenvalue weighted by atomic mass is 9.91. The Hall–Kier alpha value is -2.05. The van der Waals surface area contributed by atoms with Gasteiger partial charge in [0.25, 0.3) is 0 Å². The number of ether oxygens (including phenoxy) is 2. The molecule has 0 saturated heterocycles. The molecule has 1 rings (SSSR count). The SMILES string of the molecule is CCC(C)(C)C(=O)Oc1ccc(C(=O)OC(C)C(F)(F)F)cc1. The van der Waals surface area contributed by atoms with Crippen LogP contribution in [0.15, 0.2) is 24.3 Å². The number of hydrogen-bond donors (Lipinski definition) is 0. The van der Waals surface area contributed by atoms with Crippen LogP contribution in [0, 0.1) is 5.41 Å². The lowest BCUT2D eigenvalue weighted by molar-refractivity contribution is -0.198. The second-order valence-corrected chi connectivity index (χ2v) is 5.74. The van der Waals surface area contributed by atoms with Crippen molar-refractivity contribution in [3.05, 3.63) is 29.8 Å². The molecule has 7 heteroatoms. The maximum Gasteiger partial charge on any atom is 0.425 e. The maximum atomic E-state index is 12.3. The summed E-state index contributed by atoms with van der Waals surface area (Å²) in [6, 6.07) is 5.15. The molecule has 1 aromatic rings. The zero-order chi connectivity index (χ0) is 17.8. The molecule has 0 saturated carbocycles. The van der Waals surface area contributed by atoms with Crippen molar-refractivity contribution in [3.8, 4) is 5.75 Å². The van der Waals surface area contributed by atoms with Crippen LogP contribution in [0.1, 0.15) is 44.5 Å². The molecule has 0 aliphatic rings. The van der Waals surface area contributed by atoms with Gasteiger partial charge in [0.1, 0.15) is 5.75 Å². The summed E-state index contributed by atoms with van der Waals surface area (Å²) in [5.41, 5.74) is -0.713. The number of alkyl halides is 3. The van der Waals surface area contributed by atoms with Crippen molar-refractivity contribution >= 4 is 11.9 Å². The van der Waals surface area contributed by atoms with Crippen molar-refractivity contribution in [2.45, 2.75) is 46.4 Å². The van der Waals surface area contributed by atoms with E-state index in [0.29, 0.717) is 6.42 Å². The van der Waals surface area contributed by atoms with Crippen LogP contribution in [0.25, 0.3) is 0 Å². The zero-order valence-electron chi connectivity index (χ0n) is 13.4. The molecule has 0 N–H and O–H groups in total. The Morgan fingerprint density at radius 2 is 1.65 bits per heavy atom. The average Bonchev–Trinajstić information content (AvgIpc) is 2.46. The minimum absolute atomic E-state index is 0.0596. The molecule has 1 atom stereocenters. The molecule has 0 bridgehead atoms. The third-order valence-electron chi connectivity index (χ3n) is 3.48. The lowest BCUT2D eigenvalue weighted by Crippen LogP contribution is -2.30. The molecular formula is C16H19F3O4. The van der Waals surface area contributed by atoms with Gasteiger partial charge in [-0.25, -0.2) is 4.79 Å². The summed E-state index contributed by atoms with van der Waals surface area (Å²) in [5, 5.41) is 0. The van der Waals surface area contributed by atoms with Crippen LogP contribution in [0.3, 0.4) is 0 Å². The summed E-state index contributed by atoms with van der Waals surface area (Å²) in [6.07, 6.45) is -6.22. The Morgan fingerprint density at radius 1 is 1.13 bits per heavy atom. The van der Waals surface area contributed by atoms with Crippen LogP contribution in [-0.2, 0) is 9.53 Å². The van der Waals surface area contributed by atoms with Gasteiger partial charge in [-0.15, -0.1) is 0 Å². The Morgan fingerprint density at radius 3 is 2.09 bits per heavy atom. The molecule has 0 aliphatic heterocycles. The molecule has 128 valence electrons. The van der Waals surface area contributed by atoms with E-state index < -0.39 is 29.6 Å². The van der Waals surface area contributed by atoms with Crippen LogP contribution in [0.5, 0.6) is 5.75 Å². The lowest BCUT2D eigenvalue weighted by Gasteiger charge is -2.20. The van der Waals surface area contributed by atoms with Gasteiger partial charge in [-0.05, 0) is 51.5 Å². The number of halogens is 3. The molecule has 4 nitrogen and oxygen atoms in total. The Balaban J connectivity index is 2.74. The summed E-state index contributed by atoms with van der Waals surface area (Å²) in [5.74, 6) is -1.32. The second kappa shape index (κ2) is 7.02. The van der Waals surface area contributed by atoms with Gasteiger partial charge in [0.05, 0.1) is 11.0 Å². The van der Waals surface area contributed by atoms with E-state index in [1.165, 1.54) is 24.3 Å². The van der Waals surface area contributed by atoms with Crippen molar-refractivity contribution in [1.29, 1.82) is 0 Å². The van der Waals surface area contributed by atoms with Gasteiger partial charge in [-0.3, -0.25) is 4.79 Å². The first-order valence-electron chi connectivity index (χ1n) is 7.07. The maximum absolute atomic E-state index is 12.3. The normalized spacial score (nSPS) is 13.3. The minimum Gasteiger partial charge on any atom is -0.449 e. The van der Waals surface area contributed by atoms with Gasteiger partial charge in [0.2, 0.25) is 0 Å². The molecule has 0 radical (unpaired) electrons. The van der Waals surface area contributed by atoms with Gasteiger partial charge in [-0.2, -0.15) is 13.2 Å². The molecule has 1 aromatic carbocycles. The molecule has 0 spiro atoms. The fraction of sp³-hybridized carbons (Fsp3) is 0.500. The van der Waals surface area contributed by atoms with E-state index in [-0.39, 0.29) is 11.3 Å². The smallest absolute Gasteiger partial charge is 0.425 e. The second-order valence-electron chi connectivity index (χ2n) is 5.74. The quantitative estimate of drug-likeness (QED) is 0.601. The highest BCUT2D eigenvalue weighted by Gasteiger charge is 2.39. The van der Waals surface area contributed by atoms with Crippen molar-refractivity contribution in [1.82, 2.24) is 0 Å². The van der Waals surface area contributed by atoms with E-state index in [0.717, 1.165) is 6.92 Å². The first-order chi connectivity index (χ1) is 10.5. The number of carbonyl (C=O) groups excluding carboxylic acids is 2. The highest BCUT2D eigenvalue weighted by molar-refractivity contribution is 5.89. The highest BCUT2D eigenvalue weighted by atomic mass is 19.4. The monoisotopic (exact) mass is 332 g/mol. The molecule has 1 unspecified atom stereocenters. The van der Waals surface area contributed by atoms with Gasteiger partial charge in [0, 0.05) is 0 Å². The predicted octanol–water partition coefficient (Wildman–Crippen LogP) is 4.14. The van der Waals surface area contributed by atoms with Gasteiger partial charge < -0.3 is 9.47 Å². The third kappa shape index (κ3) is 5.26. The number of benzene rings is 1. The van der Waals surface area contributed by atoms with Crippen LogP contribution in [0.4, 0.5) is 13.2 Å². The Kier molecular flexibility index (Phi) is 5.80. The van der Waals surface area contributed by atoms with E-state index in [1.807, 2.05) is 6.92 Å². The minimum atomic E-state index is -4.61. The number of carbonyl (C=O) groups is 2. The summed E-state index contributed by atoms with van der Waals surface area (Å²) < 4.78 is 46.5. The molecule has 0 aromatic heterocycles. The van der Waals surface area contributed by atoms with Gasteiger partial charge in [0.15, 0.2) is 6.10 Å². The number of rotatable bonds is 5. The first-order valence-corrected chi connectivity index (χ1v) is 7.07.